The fourth-order valence-electron chi connectivity index (χ4n) is 3.05. The number of nitrogens with zero attached hydrogens (tertiary/aromatic N) is 5. The molecule has 1 N–H and O–H groups in total. The third kappa shape index (κ3) is 4.07. The molecule has 4 rings (SSSR count). The smallest absolute Gasteiger partial charge is 0.260 e. The molecule has 0 aliphatic rings. The molecule has 0 bridgehead atoms. The van der Waals surface area contributed by atoms with Crippen LogP contribution in [0.4, 0.5) is 17.6 Å². The molecule has 0 unspecified atom stereocenters. The molecule has 4 aromatic rings. The molecule has 2 aromatic carbocycles. The number of aryl methyl sites for hydroxylation is 2. The summed E-state index contributed by atoms with van der Waals surface area (Å²) in [5, 5.41) is 18.8. The molecule has 0 aliphatic heterocycles. The lowest BCUT2D eigenvalue weighted by Gasteiger charge is -2.09. The topological polar surface area (TPSA) is 72.3 Å². The lowest BCUT2D eigenvalue weighted by Crippen LogP contribution is -2.07. The normalized spacial score (nSPS) is 12.0. The number of hydrogen-bond acceptors (Lipinski definition) is 4. The van der Waals surface area contributed by atoms with Crippen LogP contribution in [-0.2, 0) is 25.6 Å². The number of H-pyrrole nitrogens is 1. The molecular formula is C18H13ClF4N6. The predicted molar refractivity (Wildman–Crippen MR) is 96.8 cm³/mol. The highest BCUT2D eigenvalue weighted by Crippen LogP contribution is 2.33. The summed E-state index contributed by atoms with van der Waals surface area (Å²) < 4.78 is 55.2. The van der Waals surface area contributed by atoms with E-state index in [4.69, 9.17) is 11.6 Å². The summed E-state index contributed by atoms with van der Waals surface area (Å²) in [5.74, 6) is -0.0927. The lowest BCUT2D eigenvalue weighted by molar-refractivity contribution is -0.137. The summed E-state index contributed by atoms with van der Waals surface area (Å²) in [6.07, 6.45) is -3.71. The van der Waals surface area contributed by atoms with Crippen LogP contribution in [0.2, 0.25) is 5.02 Å². The van der Waals surface area contributed by atoms with E-state index in [2.05, 4.69) is 25.7 Å². The van der Waals surface area contributed by atoms with Crippen molar-refractivity contribution in [1.82, 2.24) is 30.4 Å². The quantitative estimate of drug-likeness (QED) is 0.487. The van der Waals surface area contributed by atoms with Crippen LogP contribution >= 0.6 is 11.6 Å². The van der Waals surface area contributed by atoms with Gasteiger partial charge in [0.15, 0.2) is 5.82 Å². The summed E-state index contributed by atoms with van der Waals surface area (Å²) in [7, 11) is 0. The Hall–Kier alpha value is -3.01. The van der Waals surface area contributed by atoms with Crippen LogP contribution in [0.15, 0.2) is 36.4 Å². The van der Waals surface area contributed by atoms with Crippen molar-refractivity contribution in [2.45, 2.75) is 25.6 Å². The van der Waals surface area contributed by atoms with Crippen LogP contribution in [-0.4, -0.2) is 30.4 Å². The Balaban J connectivity index is 1.75. The first kappa shape index (κ1) is 19.3. The molecule has 0 atom stereocenters. The molecule has 0 aliphatic carbocycles. The van der Waals surface area contributed by atoms with E-state index in [9.17, 15) is 17.6 Å². The molecule has 6 nitrogen and oxygen atoms in total. The monoisotopic (exact) mass is 424 g/mol. The van der Waals surface area contributed by atoms with E-state index in [1.165, 1.54) is 22.9 Å². The van der Waals surface area contributed by atoms with E-state index < -0.39 is 17.6 Å². The number of alkyl halides is 3. The van der Waals surface area contributed by atoms with Gasteiger partial charge < -0.3 is 0 Å². The highest BCUT2D eigenvalue weighted by Gasteiger charge is 2.31. The fraction of sp³-hybridized carbons (Fsp3) is 0.222. The molecule has 2 aromatic heterocycles. The molecule has 0 fully saturated rings. The van der Waals surface area contributed by atoms with E-state index in [-0.39, 0.29) is 22.6 Å². The minimum absolute atomic E-state index is 0.0387. The van der Waals surface area contributed by atoms with Gasteiger partial charge in [0.2, 0.25) is 0 Å². The van der Waals surface area contributed by atoms with Gasteiger partial charge >= 0.3 is 6.18 Å². The number of halogens is 5. The molecule has 2 heterocycles. The highest BCUT2D eigenvalue weighted by atomic mass is 35.5. The van der Waals surface area contributed by atoms with Crippen molar-refractivity contribution < 1.29 is 17.6 Å². The van der Waals surface area contributed by atoms with Gasteiger partial charge in [-0.15, -0.1) is 10.2 Å². The zero-order valence-corrected chi connectivity index (χ0v) is 15.5. The third-order valence-electron chi connectivity index (χ3n) is 4.47. The van der Waals surface area contributed by atoms with E-state index in [1.54, 1.807) is 0 Å². The number of nitrogens with one attached hydrogen (secondary N) is 1. The average molecular weight is 425 g/mol. The van der Waals surface area contributed by atoms with Gasteiger partial charge in [-0.05, 0) is 30.7 Å². The highest BCUT2D eigenvalue weighted by molar-refractivity contribution is 6.30. The van der Waals surface area contributed by atoms with Crippen LogP contribution in [0, 0.1) is 5.82 Å². The predicted octanol–water partition coefficient (Wildman–Crippen LogP) is 4.19. The molecule has 0 spiro atoms. The Labute approximate surface area is 166 Å². The van der Waals surface area contributed by atoms with Gasteiger partial charge in [-0.3, -0.25) is 4.68 Å². The van der Waals surface area contributed by atoms with E-state index >= 15 is 0 Å². The Morgan fingerprint density at radius 1 is 1.07 bits per heavy atom. The van der Waals surface area contributed by atoms with E-state index in [0.29, 0.717) is 29.7 Å². The molecule has 0 amide bonds. The first-order valence-electron chi connectivity index (χ1n) is 8.54. The minimum atomic E-state index is -4.50. The molecule has 0 saturated heterocycles. The summed E-state index contributed by atoms with van der Waals surface area (Å²) >= 11 is 5.77. The van der Waals surface area contributed by atoms with Crippen LogP contribution in [0.5, 0.6) is 0 Å². The van der Waals surface area contributed by atoms with Crippen LogP contribution in [0.25, 0.3) is 10.9 Å². The van der Waals surface area contributed by atoms with Crippen LogP contribution in [0.3, 0.4) is 0 Å². The summed E-state index contributed by atoms with van der Waals surface area (Å²) in [6, 6.07) is 7.57. The Bertz CT molecular complexity index is 1150. The third-order valence-corrected chi connectivity index (χ3v) is 4.70. The summed E-state index contributed by atoms with van der Waals surface area (Å²) in [5.41, 5.74) is 0.290. The van der Waals surface area contributed by atoms with Gasteiger partial charge in [0.1, 0.15) is 5.82 Å². The molecule has 0 radical (unpaired) electrons. The van der Waals surface area contributed by atoms with Gasteiger partial charge in [0.05, 0.1) is 23.3 Å². The fourth-order valence-corrected chi connectivity index (χ4v) is 3.21. The van der Waals surface area contributed by atoms with Crippen molar-refractivity contribution >= 4 is 22.5 Å². The number of tetrazole rings is 1. The van der Waals surface area contributed by atoms with E-state index in [0.717, 1.165) is 18.2 Å². The Morgan fingerprint density at radius 3 is 2.59 bits per heavy atom. The Morgan fingerprint density at radius 2 is 1.90 bits per heavy atom. The second kappa shape index (κ2) is 7.43. The summed E-state index contributed by atoms with van der Waals surface area (Å²) in [6.45, 7) is -0.0387. The zero-order chi connectivity index (χ0) is 20.6. The lowest BCUT2D eigenvalue weighted by atomic mass is 10.1. The molecule has 11 heteroatoms. The van der Waals surface area contributed by atoms with E-state index in [1.807, 2.05) is 0 Å². The van der Waals surface area contributed by atoms with Crippen molar-refractivity contribution in [2.75, 3.05) is 0 Å². The molecule has 29 heavy (non-hydrogen) atoms. The molecule has 0 saturated carbocycles. The maximum atomic E-state index is 14.2. The second-order valence-corrected chi connectivity index (χ2v) is 6.83. The van der Waals surface area contributed by atoms with Gasteiger partial charge in [0.25, 0.3) is 0 Å². The second-order valence-electron chi connectivity index (χ2n) is 6.40. The zero-order valence-electron chi connectivity index (χ0n) is 14.7. The van der Waals surface area contributed by atoms with Crippen molar-refractivity contribution in [3.8, 4) is 0 Å². The first-order valence-corrected chi connectivity index (χ1v) is 8.92. The minimum Gasteiger partial charge on any atom is -0.260 e. The van der Waals surface area contributed by atoms with Crippen LogP contribution in [0.1, 0.15) is 22.6 Å². The standard InChI is InChI=1S/C18H13ClF4N6/c19-12-3-1-10(14(20)8-12)9-29-16-7-11(18(21,22)23)2-4-13(16)15(26-29)5-6-17-24-27-28-25-17/h1-4,7-8H,5-6,9H2,(H,24,25,27,28). The van der Waals surface area contributed by atoms with Crippen molar-refractivity contribution in [3.05, 3.63) is 69.9 Å². The number of aromatic nitrogens is 6. The van der Waals surface area contributed by atoms with Gasteiger partial charge in [-0.2, -0.15) is 23.5 Å². The van der Waals surface area contributed by atoms with Gasteiger partial charge in [-0.1, -0.05) is 28.9 Å². The maximum absolute atomic E-state index is 14.2. The number of rotatable bonds is 5. The average Bonchev–Trinajstić information content (AvgIpc) is 3.29. The Kier molecular flexibility index (Phi) is 4.95. The largest absolute Gasteiger partial charge is 0.416 e. The molecular weight excluding hydrogens is 412 g/mol. The number of hydrogen-bond donors (Lipinski definition) is 1. The summed E-state index contributed by atoms with van der Waals surface area (Å²) in [4.78, 5) is 0. The first-order chi connectivity index (χ1) is 13.8. The van der Waals surface area contributed by atoms with Gasteiger partial charge in [-0.25, -0.2) is 4.39 Å². The number of aromatic amines is 1. The number of fused-ring (bicyclic) bond motifs is 1. The SMILES string of the molecule is Fc1cc(Cl)ccc1Cn1nc(CCc2nn[nH]n2)c2ccc(C(F)(F)F)cc21. The number of benzene rings is 2. The van der Waals surface area contributed by atoms with Crippen molar-refractivity contribution in [3.63, 3.8) is 0 Å². The van der Waals surface area contributed by atoms with Crippen molar-refractivity contribution in [1.29, 1.82) is 0 Å². The van der Waals surface area contributed by atoms with Crippen molar-refractivity contribution in [2.24, 2.45) is 0 Å². The van der Waals surface area contributed by atoms with Gasteiger partial charge in [0, 0.05) is 22.4 Å². The molecule has 150 valence electrons. The maximum Gasteiger partial charge on any atom is 0.416 e. The van der Waals surface area contributed by atoms with Crippen LogP contribution < -0.4 is 0 Å².